The van der Waals surface area contributed by atoms with Crippen LogP contribution in [0, 0.1) is 17.3 Å². The topological polar surface area (TPSA) is 92.4 Å². The Morgan fingerprint density at radius 3 is 2.24 bits per heavy atom. The van der Waals surface area contributed by atoms with E-state index >= 15 is 0 Å². The van der Waals surface area contributed by atoms with Gasteiger partial charge in [0.05, 0.1) is 5.92 Å². The van der Waals surface area contributed by atoms with Crippen LogP contribution in [-0.2, 0) is 9.59 Å². The monoisotopic (exact) mass is 300 g/mol. The van der Waals surface area contributed by atoms with Gasteiger partial charge in [0.25, 0.3) is 0 Å². The maximum absolute atomic E-state index is 11.9. The smallest absolute Gasteiger partial charge is 0.308 e. The van der Waals surface area contributed by atoms with Crippen LogP contribution in [0.5, 0.6) is 0 Å². The van der Waals surface area contributed by atoms with Crippen molar-refractivity contribution in [3.8, 4) is 0 Å². The quantitative estimate of drug-likeness (QED) is 0.577. The highest BCUT2D eigenvalue weighted by molar-refractivity contribution is 5.77. The molecular formula is C16H32N2O3. The van der Waals surface area contributed by atoms with Crippen LogP contribution in [-0.4, -0.2) is 30.1 Å². The Hall–Kier alpha value is -1.10. The van der Waals surface area contributed by atoms with Gasteiger partial charge in [0.2, 0.25) is 5.91 Å². The molecule has 0 aromatic rings. The normalized spacial score (nSPS) is 14.5. The molecule has 1 amide bonds. The predicted molar refractivity (Wildman–Crippen MR) is 84.9 cm³/mol. The van der Waals surface area contributed by atoms with Gasteiger partial charge in [-0.15, -0.1) is 0 Å². The van der Waals surface area contributed by atoms with Gasteiger partial charge in [-0.3, -0.25) is 9.59 Å². The van der Waals surface area contributed by atoms with Gasteiger partial charge in [-0.1, -0.05) is 34.1 Å². The molecule has 0 spiro atoms. The number of hydrogen-bond donors (Lipinski definition) is 3. The number of nitrogens with one attached hydrogen (secondary N) is 1. The molecule has 5 heteroatoms. The fraction of sp³-hybridized carbons (Fsp3) is 0.875. The molecule has 0 heterocycles. The number of nitrogens with two attached hydrogens (primary N) is 1. The van der Waals surface area contributed by atoms with E-state index in [2.05, 4.69) is 26.1 Å². The molecule has 124 valence electrons. The van der Waals surface area contributed by atoms with Crippen molar-refractivity contribution < 1.29 is 14.7 Å². The van der Waals surface area contributed by atoms with E-state index in [4.69, 9.17) is 10.8 Å². The summed E-state index contributed by atoms with van der Waals surface area (Å²) in [5, 5.41) is 11.8. The van der Waals surface area contributed by atoms with Gasteiger partial charge in [-0.2, -0.15) is 0 Å². The largest absolute Gasteiger partial charge is 0.481 e. The van der Waals surface area contributed by atoms with E-state index in [0.717, 1.165) is 19.3 Å². The van der Waals surface area contributed by atoms with Crippen LogP contribution >= 0.6 is 0 Å². The Morgan fingerprint density at radius 1 is 1.19 bits per heavy atom. The van der Waals surface area contributed by atoms with E-state index in [9.17, 15) is 9.59 Å². The van der Waals surface area contributed by atoms with E-state index in [1.807, 2.05) is 6.92 Å². The minimum absolute atomic E-state index is 0.0661. The van der Waals surface area contributed by atoms with Crippen LogP contribution < -0.4 is 11.1 Å². The predicted octanol–water partition coefficient (Wildman–Crippen LogP) is 2.39. The Balaban J connectivity index is 4.21. The van der Waals surface area contributed by atoms with Crippen molar-refractivity contribution >= 4 is 11.9 Å². The van der Waals surface area contributed by atoms with Crippen LogP contribution in [0.25, 0.3) is 0 Å². The minimum atomic E-state index is -0.840. The summed E-state index contributed by atoms with van der Waals surface area (Å²) < 4.78 is 0. The molecule has 0 fully saturated rings. The van der Waals surface area contributed by atoms with Gasteiger partial charge in [-0.05, 0) is 37.1 Å². The minimum Gasteiger partial charge on any atom is -0.481 e. The number of hydrogen-bond acceptors (Lipinski definition) is 3. The second-order valence-electron chi connectivity index (χ2n) is 6.81. The molecule has 2 unspecified atom stereocenters. The van der Waals surface area contributed by atoms with Gasteiger partial charge < -0.3 is 16.2 Å². The number of carboxylic acid groups (broad SMARTS) is 1. The van der Waals surface area contributed by atoms with Crippen molar-refractivity contribution in [3.05, 3.63) is 0 Å². The second-order valence-corrected chi connectivity index (χ2v) is 6.81. The van der Waals surface area contributed by atoms with E-state index in [-0.39, 0.29) is 17.9 Å². The van der Waals surface area contributed by atoms with Crippen molar-refractivity contribution in [2.75, 3.05) is 13.1 Å². The maximum atomic E-state index is 11.9. The molecule has 0 aromatic carbocycles. The molecule has 0 aliphatic heterocycles. The summed E-state index contributed by atoms with van der Waals surface area (Å²) >= 11 is 0. The van der Waals surface area contributed by atoms with Crippen molar-refractivity contribution in [2.45, 2.75) is 59.8 Å². The number of aliphatic carboxylic acids is 1. The molecule has 4 N–H and O–H groups in total. The Labute approximate surface area is 128 Å². The van der Waals surface area contributed by atoms with Gasteiger partial charge >= 0.3 is 5.97 Å². The standard InChI is InChI=1S/C16H32N2O3/c1-5-6-12(15(20)21)11-18-14(19)8-7-13(9-10-17)16(2,3)4/h12-13H,5-11,17H2,1-4H3,(H,18,19)(H,20,21). The number of carboxylic acids is 1. The third kappa shape index (κ3) is 8.71. The Morgan fingerprint density at radius 2 is 1.81 bits per heavy atom. The van der Waals surface area contributed by atoms with Gasteiger partial charge in [0.1, 0.15) is 0 Å². The summed E-state index contributed by atoms with van der Waals surface area (Å²) in [6.07, 6.45) is 3.52. The summed E-state index contributed by atoms with van der Waals surface area (Å²) in [4.78, 5) is 22.9. The molecule has 21 heavy (non-hydrogen) atoms. The number of rotatable bonds is 10. The first-order valence-electron chi connectivity index (χ1n) is 7.91. The highest BCUT2D eigenvalue weighted by atomic mass is 16.4. The van der Waals surface area contributed by atoms with Gasteiger partial charge in [0.15, 0.2) is 0 Å². The lowest BCUT2D eigenvalue weighted by atomic mass is 9.76. The zero-order chi connectivity index (χ0) is 16.5. The third-order valence-corrected chi connectivity index (χ3v) is 3.99. The molecule has 0 rings (SSSR count). The van der Waals surface area contributed by atoms with Crippen molar-refractivity contribution in [3.63, 3.8) is 0 Å². The average molecular weight is 300 g/mol. The summed E-state index contributed by atoms with van der Waals surface area (Å²) in [5.74, 6) is -0.989. The van der Waals surface area contributed by atoms with Gasteiger partial charge in [-0.25, -0.2) is 0 Å². The van der Waals surface area contributed by atoms with Crippen molar-refractivity contribution in [1.29, 1.82) is 0 Å². The van der Waals surface area contributed by atoms with Crippen LogP contribution in [0.15, 0.2) is 0 Å². The summed E-state index contributed by atoms with van der Waals surface area (Å²) in [5.41, 5.74) is 5.76. The van der Waals surface area contributed by atoms with E-state index < -0.39 is 11.9 Å². The Kier molecular flexibility index (Phi) is 9.26. The molecule has 0 saturated carbocycles. The van der Waals surface area contributed by atoms with E-state index in [0.29, 0.717) is 25.3 Å². The summed E-state index contributed by atoms with van der Waals surface area (Å²) in [7, 11) is 0. The fourth-order valence-corrected chi connectivity index (χ4v) is 2.50. The maximum Gasteiger partial charge on any atom is 0.308 e. The second kappa shape index (κ2) is 9.77. The van der Waals surface area contributed by atoms with Crippen LogP contribution in [0.1, 0.15) is 59.8 Å². The van der Waals surface area contributed by atoms with Crippen molar-refractivity contribution in [1.82, 2.24) is 5.32 Å². The van der Waals surface area contributed by atoms with Crippen molar-refractivity contribution in [2.24, 2.45) is 23.0 Å². The Bertz CT molecular complexity index is 324. The lowest BCUT2D eigenvalue weighted by Crippen LogP contribution is -2.33. The van der Waals surface area contributed by atoms with Crippen LogP contribution in [0.4, 0.5) is 0 Å². The molecule has 0 bridgehead atoms. The molecule has 0 aromatic heterocycles. The molecule has 0 radical (unpaired) electrons. The first-order valence-corrected chi connectivity index (χ1v) is 7.91. The number of carbonyl (C=O) groups excluding carboxylic acids is 1. The molecule has 0 aliphatic rings. The number of carbonyl (C=O) groups is 2. The molecule has 2 atom stereocenters. The first kappa shape index (κ1) is 19.9. The van der Waals surface area contributed by atoms with Crippen LogP contribution in [0.2, 0.25) is 0 Å². The van der Waals surface area contributed by atoms with Gasteiger partial charge in [0, 0.05) is 13.0 Å². The zero-order valence-electron chi connectivity index (χ0n) is 13.9. The highest BCUT2D eigenvalue weighted by Gasteiger charge is 2.24. The lowest BCUT2D eigenvalue weighted by Gasteiger charge is -2.30. The molecule has 5 nitrogen and oxygen atoms in total. The summed E-state index contributed by atoms with van der Waals surface area (Å²) in [6, 6.07) is 0. The zero-order valence-corrected chi connectivity index (χ0v) is 13.9. The molecular weight excluding hydrogens is 268 g/mol. The summed E-state index contributed by atoms with van der Waals surface area (Å²) in [6.45, 7) is 9.27. The average Bonchev–Trinajstić information content (AvgIpc) is 2.37. The van der Waals surface area contributed by atoms with Crippen LogP contribution in [0.3, 0.4) is 0 Å². The van der Waals surface area contributed by atoms with E-state index in [1.54, 1.807) is 0 Å². The highest BCUT2D eigenvalue weighted by Crippen LogP contribution is 2.31. The molecule has 0 saturated heterocycles. The molecule has 0 aliphatic carbocycles. The SMILES string of the molecule is CCCC(CNC(=O)CCC(CCN)C(C)(C)C)C(=O)O. The number of amides is 1. The fourth-order valence-electron chi connectivity index (χ4n) is 2.50. The third-order valence-electron chi connectivity index (χ3n) is 3.99. The van der Waals surface area contributed by atoms with E-state index in [1.165, 1.54) is 0 Å². The lowest BCUT2D eigenvalue weighted by molar-refractivity contribution is -0.141. The first-order chi connectivity index (χ1) is 9.72.